The standard InChI is InChI=1S/C25H20BrNO2/c1-2-29-24-11-7-6-10-22(24)27-23(19-8-4-3-5-9-19)17-20(25(27)28)16-18-12-14-21(26)15-13-18/h3-17H,2H2,1H3/b20-16+. The number of para-hydroxylation sites is 2. The summed E-state index contributed by atoms with van der Waals surface area (Å²) in [6.45, 7) is 2.47. The fraction of sp³-hybridized carbons (Fsp3) is 0.0800. The molecule has 3 aromatic rings. The fourth-order valence-electron chi connectivity index (χ4n) is 3.33. The minimum Gasteiger partial charge on any atom is -0.492 e. The number of benzene rings is 3. The number of carbonyl (C=O) groups is 1. The first-order valence-corrected chi connectivity index (χ1v) is 10.3. The van der Waals surface area contributed by atoms with Gasteiger partial charge in [0.1, 0.15) is 5.75 Å². The maximum Gasteiger partial charge on any atom is 0.263 e. The van der Waals surface area contributed by atoms with Gasteiger partial charge in [-0.25, -0.2) is 0 Å². The number of hydrogen-bond acceptors (Lipinski definition) is 2. The first-order chi connectivity index (χ1) is 14.2. The number of rotatable bonds is 5. The Morgan fingerprint density at radius 1 is 0.931 bits per heavy atom. The van der Waals surface area contributed by atoms with Crippen molar-refractivity contribution in [2.45, 2.75) is 6.92 Å². The van der Waals surface area contributed by atoms with Gasteiger partial charge in [0.25, 0.3) is 5.91 Å². The third kappa shape index (κ3) is 4.03. The van der Waals surface area contributed by atoms with Crippen LogP contribution in [0, 0.1) is 0 Å². The zero-order valence-corrected chi connectivity index (χ0v) is 17.6. The van der Waals surface area contributed by atoms with E-state index in [-0.39, 0.29) is 5.91 Å². The number of hydrogen-bond donors (Lipinski definition) is 0. The van der Waals surface area contributed by atoms with E-state index in [0.717, 1.165) is 27.0 Å². The molecule has 4 rings (SSSR count). The maximum atomic E-state index is 13.5. The number of ether oxygens (including phenoxy) is 1. The molecule has 144 valence electrons. The molecule has 0 bridgehead atoms. The molecule has 1 aliphatic rings. The molecule has 29 heavy (non-hydrogen) atoms. The molecule has 1 aliphatic heterocycles. The highest BCUT2D eigenvalue weighted by Crippen LogP contribution is 2.39. The summed E-state index contributed by atoms with van der Waals surface area (Å²) >= 11 is 3.45. The highest BCUT2D eigenvalue weighted by atomic mass is 79.9. The highest BCUT2D eigenvalue weighted by molar-refractivity contribution is 9.10. The second-order valence-corrected chi connectivity index (χ2v) is 7.50. The molecule has 0 saturated heterocycles. The largest absolute Gasteiger partial charge is 0.492 e. The number of amides is 1. The van der Waals surface area contributed by atoms with Crippen molar-refractivity contribution in [3.63, 3.8) is 0 Å². The van der Waals surface area contributed by atoms with Gasteiger partial charge in [0.05, 0.1) is 18.0 Å². The molecule has 0 aliphatic carbocycles. The summed E-state index contributed by atoms with van der Waals surface area (Å²) in [5.41, 5.74) is 4.17. The van der Waals surface area contributed by atoms with E-state index in [4.69, 9.17) is 4.74 Å². The van der Waals surface area contributed by atoms with Crippen molar-refractivity contribution in [2.75, 3.05) is 11.5 Å². The summed E-state index contributed by atoms with van der Waals surface area (Å²) in [4.78, 5) is 15.2. The molecule has 1 heterocycles. The number of halogens is 1. The van der Waals surface area contributed by atoms with E-state index >= 15 is 0 Å². The smallest absolute Gasteiger partial charge is 0.263 e. The molecular formula is C25H20BrNO2. The molecule has 0 spiro atoms. The van der Waals surface area contributed by atoms with Crippen LogP contribution in [0.4, 0.5) is 5.69 Å². The monoisotopic (exact) mass is 445 g/mol. The second-order valence-electron chi connectivity index (χ2n) is 6.59. The van der Waals surface area contributed by atoms with Crippen molar-refractivity contribution < 1.29 is 9.53 Å². The number of carbonyl (C=O) groups excluding carboxylic acids is 1. The van der Waals surface area contributed by atoms with Crippen LogP contribution in [0.1, 0.15) is 18.1 Å². The SMILES string of the molecule is CCOc1ccccc1N1C(=O)/C(=C/c2ccc(Br)cc2)C=C1c1ccccc1. The lowest BCUT2D eigenvalue weighted by Gasteiger charge is -2.23. The van der Waals surface area contributed by atoms with Gasteiger partial charge in [-0.05, 0) is 54.5 Å². The number of nitrogens with zero attached hydrogens (tertiary/aromatic N) is 1. The van der Waals surface area contributed by atoms with Crippen molar-refractivity contribution in [1.82, 2.24) is 0 Å². The third-order valence-corrected chi connectivity index (χ3v) is 5.18. The first kappa shape index (κ1) is 19.2. The van der Waals surface area contributed by atoms with Gasteiger partial charge in [-0.15, -0.1) is 0 Å². The van der Waals surface area contributed by atoms with Crippen molar-refractivity contribution in [2.24, 2.45) is 0 Å². The Bertz CT molecular complexity index is 1090. The predicted molar refractivity (Wildman–Crippen MR) is 122 cm³/mol. The Morgan fingerprint density at radius 2 is 1.62 bits per heavy atom. The van der Waals surface area contributed by atoms with E-state index in [1.165, 1.54) is 0 Å². The van der Waals surface area contributed by atoms with Gasteiger partial charge in [0, 0.05) is 10.0 Å². The molecule has 3 nitrogen and oxygen atoms in total. The van der Waals surface area contributed by atoms with E-state index in [9.17, 15) is 4.79 Å². The maximum absolute atomic E-state index is 13.5. The van der Waals surface area contributed by atoms with Crippen LogP contribution in [-0.4, -0.2) is 12.5 Å². The Hall–Kier alpha value is -3.11. The first-order valence-electron chi connectivity index (χ1n) is 9.48. The lowest BCUT2D eigenvalue weighted by Crippen LogP contribution is -2.25. The Morgan fingerprint density at radius 3 is 2.34 bits per heavy atom. The summed E-state index contributed by atoms with van der Waals surface area (Å²) in [6.07, 6.45) is 3.86. The average Bonchev–Trinajstić information content (AvgIpc) is 3.07. The minimum absolute atomic E-state index is 0.0704. The van der Waals surface area contributed by atoms with Gasteiger partial charge >= 0.3 is 0 Å². The van der Waals surface area contributed by atoms with E-state index < -0.39 is 0 Å². The summed E-state index contributed by atoms with van der Waals surface area (Å²) < 4.78 is 6.81. The van der Waals surface area contributed by atoms with E-state index in [1.807, 2.05) is 97.9 Å². The summed E-state index contributed by atoms with van der Waals surface area (Å²) in [5, 5.41) is 0. The highest BCUT2D eigenvalue weighted by Gasteiger charge is 2.32. The van der Waals surface area contributed by atoms with Crippen LogP contribution in [0.2, 0.25) is 0 Å². The van der Waals surface area contributed by atoms with Gasteiger partial charge in [-0.3, -0.25) is 9.69 Å². The van der Waals surface area contributed by atoms with Gasteiger partial charge in [0.15, 0.2) is 0 Å². The van der Waals surface area contributed by atoms with Crippen molar-refractivity contribution in [1.29, 1.82) is 0 Å². The van der Waals surface area contributed by atoms with Crippen LogP contribution in [-0.2, 0) is 4.79 Å². The molecule has 0 unspecified atom stereocenters. The Labute approximate surface area is 179 Å². The zero-order chi connectivity index (χ0) is 20.2. The molecule has 1 amide bonds. The van der Waals surface area contributed by atoms with Gasteiger partial charge in [-0.1, -0.05) is 70.5 Å². The molecule has 0 aromatic heterocycles. The van der Waals surface area contributed by atoms with Gasteiger partial charge in [-0.2, -0.15) is 0 Å². The van der Waals surface area contributed by atoms with Crippen LogP contribution in [0.15, 0.2) is 95.0 Å². The molecule has 0 atom stereocenters. The molecule has 0 saturated carbocycles. The minimum atomic E-state index is -0.0704. The van der Waals surface area contributed by atoms with Crippen molar-refractivity contribution in [3.8, 4) is 5.75 Å². The van der Waals surface area contributed by atoms with Crippen LogP contribution in [0.25, 0.3) is 11.8 Å². The molecule has 0 radical (unpaired) electrons. The molecular weight excluding hydrogens is 426 g/mol. The topological polar surface area (TPSA) is 29.5 Å². The Kier molecular flexibility index (Phi) is 5.63. The Balaban J connectivity index is 1.83. The van der Waals surface area contributed by atoms with E-state index in [2.05, 4.69) is 15.9 Å². The normalized spacial score (nSPS) is 15.0. The summed E-state index contributed by atoms with van der Waals surface area (Å²) in [5.74, 6) is 0.619. The van der Waals surface area contributed by atoms with Crippen LogP contribution >= 0.6 is 15.9 Å². The molecule has 4 heteroatoms. The molecule has 0 N–H and O–H groups in total. The fourth-order valence-corrected chi connectivity index (χ4v) is 3.60. The average molecular weight is 446 g/mol. The summed E-state index contributed by atoms with van der Waals surface area (Å²) in [7, 11) is 0. The van der Waals surface area contributed by atoms with Crippen molar-refractivity contribution >= 4 is 39.3 Å². The zero-order valence-electron chi connectivity index (χ0n) is 16.0. The van der Waals surface area contributed by atoms with E-state index in [1.54, 1.807) is 4.90 Å². The summed E-state index contributed by atoms with van der Waals surface area (Å²) in [6, 6.07) is 25.5. The predicted octanol–water partition coefficient (Wildman–Crippen LogP) is 6.32. The number of anilines is 1. The van der Waals surface area contributed by atoms with Gasteiger partial charge < -0.3 is 4.74 Å². The lowest BCUT2D eigenvalue weighted by molar-refractivity contribution is -0.113. The van der Waals surface area contributed by atoms with Crippen LogP contribution in [0.5, 0.6) is 5.75 Å². The lowest BCUT2D eigenvalue weighted by atomic mass is 10.1. The van der Waals surface area contributed by atoms with Crippen LogP contribution < -0.4 is 9.64 Å². The molecule has 3 aromatic carbocycles. The van der Waals surface area contributed by atoms with Crippen LogP contribution in [0.3, 0.4) is 0 Å². The van der Waals surface area contributed by atoms with Crippen molar-refractivity contribution in [3.05, 3.63) is 106 Å². The van der Waals surface area contributed by atoms with Gasteiger partial charge in [0.2, 0.25) is 0 Å². The third-order valence-electron chi connectivity index (χ3n) is 4.65. The van der Waals surface area contributed by atoms with E-state index in [0.29, 0.717) is 17.9 Å². The molecule has 0 fully saturated rings. The quantitative estimate of drug-likeness (QED) is 0.430. The second kappa shape index (κ2) is 8.50.